The molecule has 2 heterocycles. The number of piperidine rings is 1. The van der Waals surface area contributed by atoms with Crippen molar-refractivity contribution in [2.45, 2.75) is 32.1 Å². The third kappa shape index (κ3) is 6.32. The highest BCUT2D eigenvalue weighted by Crippen LogP contribution is 2.25. The van der Waals surface area contributed by atoms with Gasteiger partial charge in [-0.2, -0.15) is 0 Å². The minimum absolute atomic E-state index is 0.172. The van der Waals surface area contributed by atoms with Gasteiger partial charge in [-0.3, -0.25) is 0 Å². The Hall–Kier alpha value is -3.45. The van der Waals surface area contributed by atoms with Crippen LogP contribution < -0.4 is 15.4 Å². The Morgan fingerprint density at radius 2 is 1.76 bits per heavy atom. The molecular weight excluding hydrogens is 428 g/mol. The number of aromatic carboxylic acids is 1. The van der Waals surface area contributed by atoms with Gasteiger partial charge in [-0.05, 0) is 61.3 Å². The largest absolute Gasteiger partial charge is 0.492 e. The van der Waals surface area contributed by atoms with E-state index in [2.05, 4.69) is 40.2 Å². The van der Waals surface area contributed by atoms with E-state index in [1.165, 1.54) is 11.8 Å². The molecule has 0 unspecified atom stereocenters. The molecule has 34 heavy (non-hydrogen) atoms. The number of aryl methyl sites for hydroxylation is 2. The molecule has 7 heteroatoms. The van der Waals surface area contributed by atoms with Crippen molar-refractivity contribution in [3.8, 4) is 5.75 Å². The number of anilines is 1. The van der Waals surface area contributed by atoms with E-state index in [4.69, 9.17) is 15.5 Å². The number of carboxylic acid groups (broad SMARTS) is 1. The number of carbonyl (C=O) groups is 1. The van der Waals surface area contributed by atoms with Crippen molar-refractivity contribution < 1.29 is 14.6 Å². The molecule has 3 N–H and O–H groups in total. The number of ether oxygens (including phenoxy) is 1. The Balaban J connectivity index is 1.38. The summed E-state index contributed by atoms with van der Waals surface area (Å²) in [6, 6.07) is 18.4. The normalized spacial score (nSPS) is 14.2. The van der Waals surface area contributed by atoms with Crippen LogP contribution in [-0.4, -0.2) is 47.3 Å². The molecule has 1 aliphatic rings. The lowest BCUT2D eigenvalue weighted by Gasteiger charge is -2.32. The molecule has 4 rings (SSSR count). The van der Waals surface area contributed by atoms with E-state index < -0.39 is 5.97 Å². The van der Waals surface area contributed by atoms with E-state index in [0.29, 0.717) is 43.6 Å². The molecule has 1 saturated heterocycles. The Kier molecular flexibility index (Phi) is 8.09. The standard InChI is InChI=1S/C27H32N4O3/c28-14-17-34-23-9-6-20(7-10-23)8-11-25-24(26(32)33)19-29-27(30-25)31-15-12-22(13-16-31)18-21-4-2-1-3-5-21/h1-7,9-10,19,22H,8,11-18,28H2,(H,32,33). The summed E-state index contributed by atoms with van der Waals surface area (Å²) in [6.07, 6.45) is 5.92. The number of hydrogen-bond donors (Lipinski definition) is 2. The van der Waals surface area contributed by atoms with Crippen molar-refractivity contribution in [3.63, 3.8) is 0 Å². The maximum absolute atomic E-state index is 11.8. The predicted octanol–water partition coefficient (Wildman–Crippen LogP) is 3.76. The fourth-order valence-corrected chi connectivity index (χ4v) is 4.40. The quantitative estimate of drug-likeness (QED) is 0.475. The molecule has 1 aliphatic heterocycles. The van der Waals surface area contributed by atoms with E-state index in [-0.39, 0.29) is 5.56 Å². The van der Waals surface area contributed by atoms with Crippen LogP contribution in [0.5, 0.6) is 5.75 Å². The van der Waals surface area contributed by atoms with Crippen molar-refractivity contribution in [1.29, 1.82) is 0 Å². The first-order valence-corrected chi connectivity index (χ1v) is 11.9. The average molecular weight is 461 g/mol. The number of nitrogens with zero attached hydrogens (tertiary/aromatic N) is 3. The number of carboxylic acids is 1. The van der Waals surface area contributed by atoms with Gasteiger partial charge >= 0.3 is 5.97 Å². The summed E-state index contributed by atoms with van der Waals surface area (Å²) in [6.45, 7) is 2.72. The average Bonchev–Trinajstić information content (AvgIpc) is 2.87. The van der Waals surface area contributed by atoms with E-state index in [0.717, 1.165) is 43.7 Å². The molecule has 7 nitrogen and oxygen atoms in total. The fraction of sp³-hybridized carbons (Fsp3) is 0.370. The first-order valence-electron chi connectivity index (χ1n) is 11.9. The smallest absolute Gasteiger partial charge is 0.339 e. The fourth-order valence-electron chi connectivity index (χ4n) is 4.40. The number of benzene rings is 2. The lowest BCUT2D eigenvalue weighted by molar-refractivity contribution is 0.0694. The number of aromatic nitrogens is 2. The summed E-state index contributed by atoms with van der Waals surface area (Å²) in [5.74, 6) is 1.06. The molecule has 0 amide bonds. The van der Waals surface area contributed by atoms with Gasteiger partial charge < -0.3 is 20.5 Å². The van der Waals surface area contributed by atoms with Crippen molar-refractivity contribution in [1.82, 2.24) is 9.97 Å². The van der Waals surface area contributed by atoms with Gasteiger partial charge in [-0.15, -0.1) is 0 Å². The number of rotatable bonds is 10. The zero-order valence-corrected chi connectivity index (χ0v) is 19.4. The van der Waals surface area contributed by atoms with E-state index in [1.54, 1.807) is 0 Å². The van der Waals surface area contributed by atoms with Gasteiger partial charge in [-0.1, -0.05) is 42.5 Å². The van der Waals surface area contributed by atoms with Crippen LogP contribution in [0.4, 0.5) is 5.95 Å². The lowest BCUT2D eigenvalue weighted by Crippen LogP contribution is -2.35. The Morgan fingerprint density at radius 1 is 1.03 bits per heavy atom. The van der Waals surface area contributed by atoms with E-state index >= 15 is 0 Å². The van der Waals surface area contributed by atoms with Crippen LogP contribution in [0, 0.1) is 5.92 Å². The third-order valence-corrected chi connectivity index (χ3v) is 6.31. The summed E-state index contributed by atoms with van der Waals surface area (Å²) >= 11 is 0. The molecule has 2 aromatic carbocycles. The second-order valence-electron chi connectivity index (χ2n) is 8.74. The van der Waals surface area contributed by atoms with E-state index in [9.17, 15) is 9.90 Å². The molecule has 0 radical (unpaired) electrons. The summed E-state index contributed by atoms with van der Waals surface area (Å²) in [7, 11) is 0. The van der Waals surface area contributed by atoms with Crippen LogP contribution in [0.15, 0.2) is 60.8 Å². The zero-order chi connectivity index (χ0) is 23.8. The highest BCUT2D eigenvalue weighted by atomic mass is 16.5. The lowest BCUT2D eigenvalue weighted by atomic mass is 9.90. The summed E-state index contributed by atoms with van der Waals surface area (Å²) < 4.78 is 5.52. The number of nitrogens with two attached hydrogens (primary N) is 1. The van der Waals surface area contributed by atoms with Crippen LogP contribution in [0.25, 0.3) is 0 Å². The van der Waals surface area contributed by atoms with Crippen molar-refractivity contribution in [2.75, 3.05) is 31.1 Å². The van der Waals surface area contributed by atoms with Crippen molar-refractivity contribution >= 4 is 11.9 Å². The zero-order valence-electron chi connectivity index (χ0n) is 19.4. The summed E-state index contributed by atoms with van der Waals surface area (Å²) in [4.78, 5) is 23.0. The highest BCUT2D eigenvalue weighted by molar-refractivity contribution is 5.88. The van der Waals surface area contributed by atoms with Gasteiger partial charge in [0.1, 0.15) is 12.4 Å². The van der Waals surface area contributed by atoms with E-state index in [1.807, 2.05) is 24.3 Å². The molecule has 1 fully saturated rings. The Bertz CT molecular complexity index is 1060. The maximum Gasteiger partial charge on any atom is 0.339 e. The molecule has 3 aromatic rings. The molecule has 0 bridgehead atoms. The first kappa shape index (κ1) is 23.7. The molecule has 0 aliphatic carbocycles. The number of hydrogen-bond acceptors (Lipinski definition) is 6. The van der Waals surface area contributed by atoms with Gasteiger partial charge in [0.25, 0.3) is 0 Å². The molecule has 0 atom stereocenters. The SMILES string of the molecule is NCCOc1ccc(CCc2nc(N3CCC(Cc4ccccc4)CC3)ncc2C(=O)O)cc1. The summed E-state index contributed by atoms with van der Waals surface area (Å²) in [5.41, 5.74) is 8.70. The highest BCUT2D eigenvalue weighted by Gasteiger charge is 2.23. The Morgan fingerprint density at radius 3 is 2.44 bits per heavy atom. The topological polar surface area (TPSA) is 102 Å². The summed E-state index contributed by atoms with van der Waals surface area (Å²) in [5, 5.41) is 9.64. The van der Waals surface area contributed by atoms with Gasteiger partial charge in [0.15, 0.2) is 0 Å². The minimum atomic E-state index is -0.992. The van der Waals surface area contributed by atoms with Crippen molar-refractivity contribution in [2.24, 2.45) is 11.7 Å². The second-order valence-corrected chi connectivity index (χ2v) is 8.74. The van der Waals surface area contributed by atoms with Gasteiger partial charge in [0.2, 0.25) is 5.95 Å². The first-order chi connectivity index (χ1) is 16.6. The maximum atomic E-state index is 11.8. The molecule has 178 valence electrons. The van der Waals surface area contributed by atoms with Gasteiger partial charge in [0.05, 0.1) is 11.3 Å². The molecule has 0 saturated carbocycles. The molecule has 0 spiro atoms. The van der Waals surface area contributed by atoms with Crippen LogP contribution in [0.1, 0.15) is 40.0 Å². The van der Waals surface area contributed by atoms with Crippen LogP contribution in [0.2, 0.25) is 0 Å². The van der Waals surface area contributed by atoms with Crippen LogP contribution >= 0.6 is 0 Å². The van der Waals surface area contributed by atoms with Gasteiger partial charge in [0, 0.05) is 25.8 Å². The minimum Gasteiger partial charge on any atom is -0.492 e. The monoisotopic (exact) mass is 460 g/mol. The predicted molar refractivity (Wildman–Crippen MR) is 132 cm³/mol. The molecule has 1 aromatic heterocycles. The van der Waals surface area contributed by atoms with Crippen LogP contribution in [0.3, 0.4) is 0 Å². The third-order valence-electron chi connectivity index (χ3n) is 6.31. The molecular formula is C27H32N4O3. The van der Waals surface area contributed by atoms with Gasteiger partial charge in [-0.25, -0.2) is 14.8 Å². The van der Waals surface area contributed by atoms with Crippen LogP contribution in [-0.2, 0) is 19.3 Å². The second kappa shape index (κ2) is 11.6. The van der Waals surface area contributed by atoms with Crippen molar-refractivity contribution in [3.05, 3.63) is 83.2 Å². The Labute approximate surface area is 200 Å².